The molecule has 1 aromatic rings. The van der Waals surface area contributed by atoms with E-state index in [0.717, 1.165) is 31.7 Å². The molecule has 0 aromatic heterocycles. The van der Waals surface area contributed by atoms with Crippen molar-refractivity contribution in [1.29, 1.82) is 0 Å². The molecular formula is C20H25F3N2O. The maximum absolute atomic E-state index is 13.3. The molecule has 3 aliphatic rings. The number of hydrogen-bond donors (Lipinski definition) is 1. The fourth-order valence-corrected chi connectivity index (χ4v) is 4.63. The molecule has 142 valence electrons. The lowest BCUT2D eigenvalue weighted by molar-refractivity contribution is -0.140. The van der Waals surface area contributed by atoms with Crippen LogP contribution in [0.5, 0.6) is 0 Å². The van der Waals surface area contributed by atoms with Crippen LogP contribution in [0.3, 0.4) is 0 Å². The lowest BCUT2D eigenvalue weighted by Crippen LogP contribution is -2.41. The first-order valence-corrected chi connectivity index (χ1v) is 9.61. The van der Waals surface area contributed by atoms with E-state index in [9.17, 15) is 18.0 Å². The van der Waals surface area contributed by atoms with Crippen LogP contribution in [0.25, 0.3) is 0 Å². The molecule has 1 saturated carbocycles. The molecule has 2 heterocycles. The molecule has 2 unspecified atom stereocenters. The summed E-state index contributed by atoms with van der Waals surface area (Å²) in [6, 6.07) is 6.78. The molecule has 26 heavy (non-hydrogen) atoms. The van der Waals surface area contributed by atoms with Gasteiger partial charge >= 0.3 is 6.18 Å². The van der Waals surface area contributed by atoms with Gasteiger partial charge < -0.3 is 10.2 Å². The van der Waals surface area contributed by atoms with Crippen molar-refractivity contribution in [3.63, 3.8) is 0 Å². The van der Waals surface area contributed by atoms with E-state index in [0.29, 0.717) is 24.4 Å². The highest BCUT2D eigenvalue weighted by Crippen LogP contribution is 2.37. The number of nitrogens with one attached hydrogen (secondary N) is 1. The molecule has 1 N–H and O–H groups in total. The Kier molecular flexibility index (Phi) is 4.71. The highest BCUT2D eigenvalue weighted by atomic mass is 19.4. The number of carbonyl (C=O) groups is 1. The Balaban J connectivity index is 1.46. The SMILES string of the molecule is O=C(CC1CC2CCC(C1)N2)N(Cc1ccccc1C(F)(F)F)C1CC1. The monoisotopic (exact) mass is 366 g/mol. The van der Waals surface area contributed by atoms with Gasteiger partial charge in [-0.25, -0.2) is 0 Å². The van der Waals surface area contributed by atoms with Gasteiger partial charge in [-0.1, -0.05) is 18.2 Å². The van der Waals surface area contributed by atoms with Crippen molar-refractivity contribution in [1.82, 2.24) is 10.2 Å². The Morgan fingerprint density at radius 1 is 1.08 bits per heavy atom. The second-order valence-corrected chi connectivity index (χ2v) is 8.09. The summed E-state index contributed by atoms with van der Waals surface area (Å²) in [6.07, 6.45) is 2.28. The smallest absolute Gasteiger partial charge is 0.335 e. The molecule has 0 spiro atoms. The topological polar surface area (TPSA) is 32.3 Å². The van der Waals surface area contributed by atoms with Crippen LogP contribution in [-0.4, -0.2) is 28.9 Å². The van der Waals surface area contributed by atoms with Crippen LogP contribution < -0.4 is 5.32 Å². The molecule has 1 aromatic carbocycles. The predicted molar refractivity (Wildman–Crippen MR) is 92.3 cm³/mol. The molecular weight excluding hydrogens is 341 g/mol. The number of amides is 1. The van der Waals surface area contributed by atoms with Gasteiger partial charge in [0.05, 0.1) is 5.56 Å². The first-order chi connectivity index (χ1) is 12.4. The Morgan fingerprint density at radius 3 is 2.35 bits per heavy atom. The summed E-state index contributed by atoms with van der Waals surface area (Å²) in [7, 11) is 0. The molecule has 0 radical (unpaired) electrons. The van der Waals surface area contributed by atoms with Crippen LogP contribution in [0.1, 0.15) is 56.1 Å². The van der Waals surface area contributed by atoms with E-state index in [1.807, 2.05) is 0 Å². The average molecular weight is 366 g/mol. The molecule has 1 aliphatic carbocycles. The number of piperidine rings is 1. The van der Waals surface area contributed by atoms with Crippen LogP contribution in [0.4, 0.5) is 13.2 Å². The summed E-state index contributed by atoms with van der Waals surface area (Å²) in [4.78, 5) is 14.6. The first kappa shape index (κ1) is 17.8. The standard InChI is InChI=1S/C20H25F3N2O/c21-20(22,23)18-4-2-1-3-14(18)12-25(17-7-8-17)19(26)11-13-9-15-5-6-16(10-13)24-15/h1-4,13,15-17,24H,5-12H2. The summed E-state index contributed by atoms with van der Waals surface area (Å²) in [5.74, 6) is 0.385. The summed E-state index contributed by atoms with van der Waals surface area (Å²) < 4.78 is 39.8. The first-order valence-electron chi connectivity index (χ1n) is 9.61. The van der Waals surface area contributed by atoms with Crippen molar-refractivity contribution in [2.75, 3.05) is 0 Å². The molecule has 2 saturated heterocycles. The fraction of sp³-hybridized carbons (Fsp3) is 0.650. The van der Waals surface area contributed by atoms with Crippen molar-refractivity contribution >= 4 is 5.91 Å². The van der Waals surface area contributed by atoms with Crippen LogP contribution in [0.2, 0.25) is 0 Å². The van der Waals surface area contributed by atoms with Gasteiger partial charge in [0.25, 0.3) is 0 Å². The molecule has 2 bridgehead atoms. The van der Waals surface area contributed by atoms with E-state index in [2.05, 4.69) is 5.32 Å². The predicted octanol–water partition coefficient (Wildman–Crippen LogP) is 4.12. The third-order valence-corrected chi connectivity index (χ3v) is 6.01. The van der Waals surface area contributed by atoms with E-state index in [1.54, 1.807) is 11.0 Å². The number of benzene rings is 1. The quantitative estimate of drug-likeness (QED) is 0.850. The molecule has 2 aliphatic heterocycles. The van der Waals surface area contributed by atoms with Gasteiger partial charge in [-0.05, 0) is 56.1 Å². The maximum Gasteiger partial charge on any atom is 0.416 e. The van der Waals surface area contributed by atoms with Gasteiger partial charge in [0.2, 0.25) is 5.91 Å². The Hall–Kier alpha value is -1.56. The second-order valence-electron chi connectivity index (χ2n) is 8.09. The number of halogens is 3. The summed E-state index contributed by atoms with van der Waals surface area (Å²) in [5, 5.41) is 3.57. The third-order valence-electron chi connectivity index (χ3n) is 6.01. The van der Waals surface area contributed by atoms with E-state index < -0.39 is 11.7 Å². The molecule has 4 rings (SSSR count). The van der Waals surface area contributed by atoms with E-state index in [1.165, 1.54) is 25.0 Å². The highest BCUT2D eigenvalue weighted by molar-refractivity contribution is 5.77. The average Bonchev–Trinajstić information content (AvgIpc) is 3.36. The normalized spacial score (nSPS) is 28.2. The van der Waals surface area contributed by atoms with E-state index in [4.69, 9.17) is 0 Å². The van der Waals surface area contributed by atoms with Gasteiger partial charge in [0, 0.05) is 31.1 Å². The zero-order valence-electron chi connectivity index (χ0n) is 14.8. The minimum atomic E-state index is -4.39. The number of hydrogen-bond acceptors (Lipinski definition) is 2. The number of alkyl halides is 3. The van der Waals surface area contributed by atoms with E-state index in [-0.39, 0.29) is 24.1 Å². The highest BCUT2D eigenvalue weighted by Gasteiger charge is 2.39. The molecule has 1 amide bonds. The van der Waals surface area contributed by atoms with Crippen molar-refractivity contribution in [2.45, 2.75) is 75.8 Å². The van der Waals surface area contributed by atoms with Crippen LogP contribution in [0.15, 0.2) is 24.3 Å². The maximum atomic E-state index is 13.3. The number of rotatable bonds is 5. The van der Waals surface area contributed by atoms with Gasteiger partial charge in [-0.3, -0.25) is 4.79 Å². The molecule has 2 atom stereocenters. The van der Waals surface area contributed by atoms with Crippen LogP contribution >= 0.6 is 0 Å². The molecule has 3 fully saturated rings. The molecule has 6 heteroatoms. The second kappa shape index (κ2) is 6.87. The van der Waals surface area contributed by atoms with Gasteiger partial charge in [-0.15, -0.1) is 0 Å². The minimum absolute atomic E-state index is 0.0239. The van der Waals surface area contributed by atoms with Crippen LogP contribution in [0, 0.1) is 5.92 Å². The van der Waals surface area contributed by atoms with Crippen molar-refractivity contribution in [3.8, 4) is 0 Å². The lowest BCUT2D eigenvalue weighted by Gasteiger charge is -2.31. The summed E-state index contributed by atoms with van der Waals surface area (Å²) in [6.45, 7) is 0.0665. The Morgan fingerprint density at radius 2 is 1.73 bits per heavy atom. The van der Waals surface area contributed by atoms with Crippen molar-refractivity contribution in [2.24, 2.45) is 5.92 Å². The lowest BCUT2D eigenvalue weighted by atomic mass is 9.89. The van der Waals surface area contributed by atoms with Gasteiger partial charge in [-0.2, -0.15) is 13.2 Å². The van der Waals surface area contributed by atoms with E-state index >= 15 is 0 Å². The van der Waals surface area contributed by atoms with Crippen molar-refractivity contribution < 1.29 is 18.0 Å². The summed E-state index contributed by atoms with van der Waals surface area (Å²) >= 11 is 0. The number of fused-ring (bicyclic) bond motifs is 2. The van der Waals surface area contributed by atoms with Crippen LogP contribution in [-0.2, 0) is 17.5 Å². The number of nitrogens with zero attached hydrogens (tertiary/aromatic N) is 1. The zero-order valence-corrected chi connectivity index (χ0v) is 14.8. The third kappa shape index (κ3) is 3.90. The number of carbonyl (C=O) groups excluding carboxylic acids is 1. The largest absolute Gasteiger partial charge is 0.416 e. The molecule has 3 nitrogen and oxygen atoms in total. The van der Waals surface area contributed by atoms with Gasteiger partial charge in [0.15, 0.2) is 0 Å². The Labute approximate surface area is 151 Å². The van der Waals surface area contributed by atoms with Gasteiger partial charge in [0.1, 0.15) is 0 Å². The fourth-order valence-electron chi connectivity index (χ4n) is 4.63. The van der Waals surface area contributed by atoms with Crippen molar-refractivity contribution in [3.05, 3.63) is 35.4 Å². The minimum Gasteiger partial charge on any atom is -0.335 e. The zero-order chi connectivity index (χ0) is 18.3. The summed E-state index contributed by atoms with van der Waals surface area (Å²) in [5.41, 5.74) is -0.427. The Bertz CT molecular complexity index is 659.